The minimum Gasteiger partial charge on any atom is -0.343 e. The summed E-state index contributed by atoms with van der Waals surface area (Å²) in [5.74, 6) is 0.168. The topological polar surface area (TPSA) is 54.9 Å². The molecule has 1 atom stereocenters. The lowest BCUT2D eigenvalue weighted by atomic mass is 10.1. The second kappa shape index (κ2) is 5.93. The summed E-state index contributed by atoms with van der Waals surface area (Å²) in [7, 11) is 0. The Labute approximate surface area is 116 Å². The molecule has 0 unspecified atom stereocenters. The fourth-order valence-electron chi connectivity index (χ4n) is 1.81. The summed E-state index contributed by atoms with van der Waals surface area (Å²) in [6, 6.07) is 5.54. The second-order valence-corrected chi connectivity index (χ2v) is 5.56. The molecule has 2 aromatic heterocycles. The highest BCUT2D eigenvalue weighted by molar-refractivity contribution is 7.10. The molecule has 5 heteroatoms. The van der Waals surface area contributed by atoms with Crippen LogP contribution in [0.15, 0.2) is 29.9 Å². The third-order valence-corrected chi connectivity index (χ3v) is 3.94. The van der Waals surface area contributed by atoms with Crippen molar-refractivity contribution >= 4 is 17.2 Å². The normalized spacial score (nSPS) is 12.4. The highest BCUT2D eigenvalue weighted by Crippen LogP contribution is 2.23. The molecule has 2 rings (SSSR count). The van der Waals surface area contributed by atoms with Crippen LogP contribution in [0.25, 0.3) is 0 Å². The van der Waals surface area contributed by atoms with E-state index in [9.17, 15) is 4.79 Å². The van der Waals surface area contributed by atoms with Crippen LogP contribution < -0.4 is 5.32 Å². The lowest BCUT2D eigenvalue weighted by molar-refractivity contribution is 0.0933. The molecule has 0 saturated carbocycles. The van der Waals surface area contributed by atoms with Crippen molar-refractivity contribution in [2.45, 2.75) is 32.7 Å². The van der Waals surface area contributed by atoms with E-state index in [1.54, 1.807) is 11.7 Å². The fraction of sp³-hybridized carbons (Fsp3) is 0.357. The molecule has 1 N–H and O–H groups in total. The minimum absolute atomic E-state index is 0.129. The SMILES string of the molecule is CC(C)c1scnc1C(=O)N[C@@H](C)c1ccccn1. The lowest BCUT2D eigenvalue weighted by Crippen LogP contribution is -2.28. The highest BCUT2D eigenvalue weighted by atomic mass is 32.1. The number of carbonyl (C=O) groups excluding carboxylic acids is 1. The van der Waals surface area contributed by atoms with E-state index in [0.29, 0.717) is 11.6 Å². The first-order valence-electron chi connectivity index (χ1n) is 6.24. The average molecular weight is 275 g/mol. The number of hydrogen-bond acceptors (Lipinski definition) is 4. The summed E-state index contributed by atoms with van der Waals surface area (Å²) in [6.45, 7) is 6.04. The van der Waals surface area contributed by atoms with Gasteiger partial charge in [0.25, 0.3) is 5.91 Å². The fourth-order valence-corrected chi connectivity index (χ4v) is 2.61. The Balaban J connectivity index is 2.11. The Morgan fingerprint density at radius 2 is 2.05 bits per heavy atom. The van der Waals surface area contributed by atoms with Gasteiger partial charge in [-0.2, -0.15) is 0 Å². The smallest absolute Gasteiger partial charge is 0.271 e. The second-order valence-electron chi connectivity index (χ2n) is 4.67. The van der Waals surface area contributed by atoms with Crippen molar-refractivity contribution in [3.05, 3.63) is 46.2 Å². The summed E-state index contributed by atoms with van der Waals surface area (Å²) in [4.78, 5) is 21.6. The third-order valence-electron chi connectivity index (χ3n) is 2.81. The van der Waals surface area contributed by atoms with Gasteiger partial charge < -0.3 is 5.32 Å². The van der Waals surface area contributed by atoms with Crippen LogP contribution in [-0.2, 0) is 0 Å². The first-order chi connectivity index (χ1) is 9.09. The molecule has 0 radical (unpaired) electrons. The number of pyridine rings is 1. The van der Waals surface area contributed by atoms with Crippen LogP contribution in [0.4, 0.5) is 0 Å². The molecular formula is C14H17N3OS. The van der Waals surface area contributed by atoms with Crippen LogP contribution >= 0.6 is 11.3 Å². The maximum Gasteiger partial charge on any atom is 0.271 e. The van der Waals surface area contributed by atoms with Gasteiger partial charge in [0.05, 0.1) is 17.2 Å². The summed E-state index contributed by atoms with van der Waals surface area (Å²) < 4.78 is 0. The number of thiazole rings is 1. The summed E-state index contributed by atoms with van der Waals surface area (Å²) in [5.41, 5.74) is 3.09. The van der Waals surface area contributed by atoms with Gasteiger partial charge in [-0.25, -0.2) is 4.98 Å². The molecule has 0 bridgehead atoms. The first kappa shape index (κ1) is 13.7. The maximum atomic E-state index is 12.2. The van der Waals surface area contributed by atoms with Crippen LogP contribution in [0.2, 0.25) is 0 Å². The van der Waals surface area contributed by atoms with Gasteiger partial charge in [0.2, 0.25) is 0 Å². The standard InChI is InChI=1S/C14H17N3OS/c1-9(2)13-12(16-8-19-13)14(18)17-10(3)11-6-4-5-7-15-11/h4-10H,1-3H3,(H,17,18)/t10-/m0/s1. The van der Waals surface area contributed by atoms with Gasteiger partial charge in [-0.3, -0.25) is 9.78 Å². The van der Waals surface area contributed by atoms with Crippen molar-refractivity contribution in [3.63, 3.8) is 0 Å². The van der Waals surface area contributed by atoms with E-state index in [4.69, 9.17) is 0 Å². The quantitative estimate of drug-likeness (QED) is 0.932. The van der Waals surface area contributed by atoms with Crippen molar-refractivity contribution in [2.24, 2.45) is 0 Å². The summed E-state index contributed by atoms with van der Waals surface area (Å²) in [5, 5.41) is 2.94. The number of rotatable bonds is 4. The van der Waals surface area contributed by atoms with E-state index in [-0.39, 0.29) is 11.9 Å². The molecule has 2 heterocycles. The monoisotopic (exact) mass is 275 g/mol. The van der Waals surface area contributed by atoms with Crippen LogP contribution in [0, 0.1) is 0 Å². The van der Waals surface area contributed by atoms with Crippen LogP contribution in [0.3, 0.4) is 0 Å². The molecule has 0 spiro atoms. The van der Waals surface area contributed by atoms with Gasteiger partial charge in [0, 0.05) is 11.1 Å². The molecule has 19 heavy (non-hydrogen) atoms. The number of amides is 1. The Hall–Kier alpha value is -1.75. The number of hydrogen-bond donors (Lipinski definition) is 1. The molecule has 4 nitrogen and oxygen atoms in total. The molecule has 0 aliphatic heterocycles. The van der Waals surface area contributed by atoms with Crippen LogP contribution in [0.5, 0.6) is 0 Å². The third kappa shape index (κ3) is 3.17. The molecule has 0 saturated heterocycles. The number of nitrogens with zero attached hydrogens (tertiary/aromatic N) is 2. The number of aromatic nitrogens is 2. The van der Waals surface area contributed by atoms with Crippen molar-refractivity contribution in [2.75, 3.05) is 0 Å². The highest BCUT2D eigenvalue weighted by Gasteiger charge is 2.19. The van der Waals surface area contributed by atoms with Gasteiger partial charge >= 0.3 is 0 Å². The van der Waals surface area contributed by atoms with Crippen LogP contribution in [-0.4, -0.2) is 15.9 Å². The Bertz CT molecular complexity index is 551. The molecule has 1 amide bonds. The maximum absolute atomic E-state index is 12.2. The lowest BCUT2D eigenvalue weighted by Gasteiger charge is -2.13. The Morgan fingerprint density at radius 3 is 2.68 bits per heavy atom. The number of nitrogens with one attached hydrogen (secondary N) is 1. The molecule has 0 fully saturated rings. The van der Waals surface area contributed by atoms with Crippen LogP contribution in [0.1, 0.15) is 53.8 Å². The first-order valence-corrected chi connectivity index (χ1v) is 7.12. The predicted molar refractivity (Wildman–Crippen MR) is 76.3 cm³/mol. The summed E-state index contributed by atoms with van der Waals surface area (Å²) in [6.07, 6.45) is 1.72. The predicted octanol–water partition coefficient (Wildman–Crippen LogP) is 3.15. The van der Waals surface area contributed by atoms with Gasteiger partial charge in [0.15, 0.2) is 0 Å². The molecule has 0 aromatic carbocycles. The van der Waals surface area contributed by atoms with Gasteiger partial charge in [0.1, 0.15) is 5.69 Å². The molecule has 2 aromatic rings. The summed E-state index contributed by atoms with van der Waals surface area (Å²) >= 11 is 1.52. The zero-order valence-corrected chi connectivity index (χ0v) is 12.1. The average Bonchev–Trinajstić information content (AvgIpc) is 2.89. The Kier molecular flexibility index (Phi) is 4.27. The molecule has 0 aliphatic carbocycles. The van der Waals surface area contributed by atoms with Crippen molar-refractivity contribution in [1.82, 2.24) is 15.3 Å². The van der Waals surface area contributed by atoms with Gasteiger partial charge in [-0.15, -0.1) is 11.3 Å². The Morgan fingerprint density at radius 1 is 1.26 bits per heavy atom. The van der Waals surface area contributed by atoms with E-state index in [0.717, 1.165) is 10.6 Å². The van der Waals surface area contributed by atoms with Gasteiger partial charge in [-0.1, -0.05) is 19.9 Å². The van der Waals surface area contributed by atoms with Crippen molar-refractivity contribution in [1.29, 1.82) is 0 Å². The van der Waals surface area contributed by atoms with E-state index in [1.165, 1.54) is 11.3 Å². The van der Waals surface area contributed by atoms with E-state index in [2.05, 4.69) is 29.1 Å². The zero-order valence-electron chi connectivity index (χ0n) is 11.3. The molecule has 0 aliphatic rings. The van der Waals surface area contributed by atoms with E-state index < -0.39 is 0 Å². The van der Waals surface area contributed by atoms with Gasteiger partial charge in [-0.05, 0) is 25.0 Å². The van der Waals surface area contributed by atoms with E-state index >= 15 is 0 Å². The minimum atomic E-state index is -0.136. The van der Waals surface area contributed by atoms with Crippen molar-refractivity contribution < 1.29 is 4.79 Å². The van der Waals surface area contributed by atoms with Crippen molar-refractivity contribution in [3.8, 4) is 0 Å². The number of carbonyl (C=O) groups is 1. The van der Waals surface area contributed by atoms with E-state index in [1.807, 2.05) is 25.1 Å². The largest absolute Gasteiger partial charge is 0.343 e. The molecular weight excluding hydrogens is 258 g/mol. The molecule has 100 valence electrons. The zero-order chi connectivity index (χ0) is 13.8.